The number of carboxylic acids is 1. The lowest BCUT2D eigenvalue weighted by molar-refractivity contribution is -0.148. The fourth-order valence-electron chi connectivity index (χ4n) is 3.54. The standard InChI is InChI=1S/C22H24N2O5/c1-13(20(25)24(3)14(2)21(26)27)23-22(28)29-12-19-17-10-6-4-8-15(17)16-9-5-7-11-18(16)19/h4-11,13-14,19H,12H2,1-3H3,(H,23,28)(H,26,27)/t13?,14-/m0/s1. The van der Waals surface area contributed by atoms with Gasteiger partial charge in [0.1, 0.15) is 18.7 Å². The second-order valence-corrected chi connectivity index (χ2v) is 7.15. The molecule has 2 amide bonds. The van der Waals surface area contributed by atoms with E-state index >= 15 is 0 Å². The third-order valence-electron chi connectivity index (χ3n) is 5.33. The number of nitrogens with one attached hydrogen (secondary N) is 1. The minimum atomic E-state index is -1.12. The summed E-state index contributed by atoms with van der Waals surface area (Å²) >= 11 is 0. The Kier molecular flexibility index (Phi) is 5.87. The number of aliphatic carboxylic acids is 1. The highest BCUT2D eigenvalue weighted by molar-refractivity contribution is 5.88. The maximum Gasteiger partial charge on any atom is 0.407 e. The first-order chi connectivity index (χ1) is 13.8. The fourth-order valence-corrected chi connectivity index (χ4v) is 3.54. The summed E-state index contributed by atoms with van der Waals surface area (Å²) in [4.78, 5) is 36.7. The largest absolute Gasteiger partial charge is 0.480 e. The number of carbonyl (C=O) groups excluding carboxylic acids is 2. The van der Waals surface area contributed by atoms with E-state index in [-0.39, 0.29) is 12.5 Å². The van der Waals surface area contributed by atoms with Crippen LogP contribution in [-0.2, 0) is 14.3 Å². The van der Waals surface area contributed by atoms with Crippen LogP contribution in [0.1, 0.15) is 30.9 Å². The molecule has 2 N–H and O–H groups in total. The average molecular weight is 396 g/mol. The number of carboxylic acid groups (broad SMARTS) is 1. The Labute approximate surface area is 169 Å². The molecule has 0 saturated heterocycles. The molecule has 2 atom stereocenters. The van der Waals surface area contributed by atoms with E-state index in [1.165, 1.54) is 20.9 Å². The Bertz CT molecular complexity index is 897. The average Bonchev–Trinajstić information content (AvgIpc) is 3.04. The zero-order chi connectivity index (χ0) is 21.1. The predicted molar refractivity (Wildman–Crippen MR) is 108 cm³/mol. The van der Waals surface area contributed by atoms with Crippen LogP contribution in [0, 0.1) is 0 Å². The van der Waals surface area contributed by atoms with Crippen LogP contribution >= 0.6 is 0 Å². The van der Waals surface area contributed by atoms with Crippen molar-refractivity contribution in [1.82, 2.24) is 10.2 Å². The van der Waals surface area contributed by atoms with Gasteiger partial charge >= 0.3 is 12.1 Å². The van der Waals surface area contributed by atoms with E-state index in [0.29, 0.717) is 0 Å². The zero-order valence-corrected chi connectivity index (χ0v) is 16.6. The highest BCUT2D eigenvalue weighted by Gasteiger charge is 2.30. The molecule has 0 fully saturated rings. The van der Waals surface area contributed by atoms with Crippen LogP contribution < -0.4 is 5.32 Å². The van der Waals surface area contributed by atoms with Gasteiger partial charge in [-0.15, -0.1) is 0 Å². The van der Waals surface area contributed by atoms with Crippen molar-refractivity contribution in [3.8, 4) is 11.1 Å². The molecule has 0 bridgehead atoms. The number of fused-ring (bicyclic) bond motifs is 3. The first-order valence-corrected chi connectivity index (χ1v) is 9.42. The second-order valence-electron chi connectivity index (χ2n) is 7.15. The van der Waals surface area contributed by atoms with Crippen LogP contribution in [-0.4, -0.2) is 53.7 Å². The van der Waals surface area contributed by atoms with E-state index in [1.54, 1.807) is 0 Å². The molecule has 1 unspecified atom stereocenters. The van der Waals surface area contributed by atoms with Crippen molar-refractivity contribution >= 4 is 18.0 Å². The molecule has 0 aromatic heterocycles. The number of nitrogens with zero attached hydrogens (tertiary/aromatic N) is 1. The van der Waals surface area contributed by atoms with Gasteiger partial charge in [-0.25, -0.2) is 9.59 Å². The van der Waals surface area contributed by atoms with Crippen LogP contribution in [0.25, 0.3) is 11.1 Å². The third-order valence-corrected chi connectivity index (χ3v) is 5.33. The van der Waals surface area contributed by atoms with E-state index in [1.807, 2.05) is 36.4 Å². The summed E-state index contributed by atoms with van der Waals surface area (Å²) in [6.07, 6.45) is -0.718. The summed E-state index contributed by atoms with van der Waals surface area (Å²) in [7, 11) is 1.39. The monoisotopic (exact) mass is 396 g/mol. The Morgan fingerprint density at radius 1 is 1.03 bits per heavy atom. The molecular weight excluding hydrogens is 372 g/mol. The molecule has 29 heavy (non-hydrogen) atoms. The molecule has 0 spiro atoms. The molecule has 152 valence electrons. The number of hydrogen-bond acceptors (Lipinski definition) is 4. The minimum absolute atomic E-state index is 0.0751. The van der Waals surface area contributed by atoms with E-state index < -0.39 is 30.1 Å². The van der Waals surface area contributed by atoms with E-state index in [9.17, 15) is 14.4 Å². The summed E-state index contributed by atoms with van der Waals surface area (Å²) in [6, 6.07) is 14.1. The van der Waals surface area contributed by atoms with Crippen molar-refractivity contribution in [2.45, 2.75) is 31.8 Å². The molecule has 1 aliphatic carbocycles. The van der Waals surface area contributed by atoms with Crippen LogP contribution in [0.4, 0.5) is 4.79 Å². The van der Waals surface area contributed by atoms with Crippen LogP contribution in [0.5, 0.6) is 0 Å². The fraction of sp³-hybridized carbons (Fsp3) is 0.318. The molecule has 0 heterocycles. The number of ether oxygens (including phenoxy) is 1. The number of rotatable bonds is 6. The molecule has 7 nitrogen and oxygen atoms in total. The van der Waals surface area contributed by atoms with Crippen molar-refractivity contribution in [3.05, 3.63) is 59.7 Å². The van der Waals surface area contributed by atoms with Gasteiger partial charge in [0.2, 0.25) is 5.91 Å². The predicted octanol–water partition coefficient (Wildman–Crippen LogP) is 2.85. The van der Waals surface area contributed by atoms with E-state index in [4.69, 9.17) is 9.84 Å². The molecule has 0 aliphatic heterocycles. The van der Waals surface area contributed by atoms with Gasteiger partial charge < -0.3 is 20.1 Å². The highest BCUT2D eigenvalue weighted by Crippen LogP contribution is 2.44. The summed E-state index contributed by atoms with van der Waals surface area (Å²) in [6.45, 7) is 3.04. The van der Waals surface area contributed by atoms with Crippen molar-refractivity contribution in [2.75, 3.05) is 13.7 Å². The summed E-state index contributed by atoms with van der Waals surface area (Å²) in [5.41, 5.74) is 4.45. The van der Waals surface area contributed by atoms with Crippen molar-refractivity contribution in [2.24, 2.45) is 0 Å². The molecular formula is C22H24N2O5. The van der Waals surface area contributed by atoms with Gasteiger partial charge in [0.05, 0.1) is 0 Å². The maximum atomic E-state index is 12.3. The van der Waals surface area contributed by atoms with Gasteiger partial charge in [0.15, 0.2) is 0 Å². The van der Waals surface area contributed by atoms with E-state index in [0.717, 1.165) is 27.2 Å². The quantitative estimate of drug-likeness (QED) is 0.783. The Morgan fingerprint density at radius 3 is 2.07 bits per heavy atom. The number of carbonyl (C=O) groups is 3. The molecule has 2 aromatic rings. The normalized spacial score (nSPS) is 14.3. The van der Waals surface area contributed by atoms with Crippen molar-refractivity contribution < 1.29 is 24.2 Å². The lowest BCUT2D eigenvalue weighted by atomic mass is 9.98. The lowest BCUT2D eigenvalue weighted by Gasteiger charge is -2.25. The Hall–Kier alpha value is -3.35. The molecule has 0 radical (unpaired) electrons. The smallest absolute Gasteiger partial charge is 0.407 e. The first-order valence-electron chi connectivity index (χ1n) is 9.42. The first kappa shape index (κ1) is 20.4. The molecule has 3 rings (SSSR count). The number of benzene rings is 2. The molecule has 0 saturated carbocycles. The molecule has 1 aliphatic rings. The van der Waals surface area contributed by atoms with Crippen LogP contribution in [0.15, 0.2) is 48.5 Å². The van der Waals surface area contributed by atoms with Crippen LogP contribution in [0.2, 0.25) is 0 Å². The third kappa shape index (κ3) is 4.08. The van der Waals surface area contributed by atoms with Gasteiger partial charge in [-0.05, 0) is 36.1 Å². The van der Waals surface area contributed by atoms with Gasteiger partial charge in [-0.3, -0.25) is 4.79 Å². The topological polar surface area (TPSA) is 95.9 Å². The molecule has 7 heteroatoms. The maximum absolute atomic E-state index is 12.3. The van der Waals surface area contributed by atoms with Gasteiger partial charge in [-0.2, -0.15) is 0 Å². The van der Waals surface area contributed by atoms with Gasteiger partial charge in [-0.1, -0.05) is 48.5 Å². The number of hydrogen-bond donors (Lipinski definition) is 2. The SMILES string of the molecule is CC(NC(=O)OCC1c2ccccc2-c2ccccc21)C(=O)N(C)[C@@H](C)C(=O)O. The molecule has 2 aromatic carbocycles. The van der Waals surface area contributed by atoms with Gasteiger partial charge in [0, 0.05) is 13.0 Å². The minimum Gasteiger partial charge on any atom is -0.480 e. The van der Waals surface area contributed by atoms with E-state index in [2.05, 4.69) is 17.4 Å². The second kappa shape index (κ2) is 8.34. The summed E-state index contributed by atoms with van der Waals surface area (Å²) in [5.74, 6) is -1.70. The Morgan fingerprint density at radius 2 is 1.55 bits per heavy atom. The van der Waals surface area contributed by atoms with Gasteiger partial charge in [0.25, 0.3) is 0 Å². The number of likely N-dealkylation sites (N-methyl/N-ethyl adjacent to an activating group) is 1. The number of amides is 2. The lowest BCUT2D eigenvalue weighted by Crippen LogP contribution is -2.50. The highest BCUT2D eigenvalue weighted by atomic mass is 16.5. The Balaban J connectivity index is 1.63. The van der Waals surface area contributed by atoms with Crippen LogP contribution in [0.3, 0.4) is 0 Å². The van der Waals surface area contributed by atoms with Crippen molar-refractivity contribution in [1.29, 1.82) is 0 Å². The zero-order valence-electron chi connectivity index (χ0n) is 16.6. The summed E-state index contributed by atoms with van der Waals surface area (Å²) < 4.78 is 5.41. The number of alkyl carbamates (subject to hydrolysis) is 1. The van der Waals surface area contributed by atoms with Crippen molar-refractivity contribution in [3.63, 3.8) is 0 Å². The summed E-state index contributed by atoms with van der Waals surface area (Å²) in [5, 5.41) is 11.5.